The van der Waals surface area contributed by atoms with Gasteiger partial charge in [-0.15, -0.1) is 0 Å². The van der Waals surface area contributed by atoms with Gasteiger partial charge in [0.15, 0.2) is 5.16 Å². The highest BCUT2D eigenvalue weighted by atomic mass is 32.2. The van der Waals surface area contributed by atoms with Crippen molar-refractivity contribution in [2.24, 2.45) is 0 Å². The van der Waals surface area contributed by atoms with Gasteiger partial charge in [-0.25, -0.2) is 9.97 Å². The van der Waals surface area contributed by atoms with Crippen LogP contribution >= 0.6 is 11.8 Å². The van der Waals surface area contributed by atoms with Crippen molar-refractivity contribution < 1.29 is 4.79 Å². The first kappa shape index (κ1) is 22.2. The Bertz CT molecular complexity index is 1230. The third-order valence-electron chi connectivity index (χ3n) is 6.02. The first-order valence-corrected chi connectivity index (χ1v) is 12.4. The normalized spacial score (nSPS) is 13.8. The van der Waals surface area contributed by atoms with Crippen molar-refractivity contribution in [1.82, 2.24) is 19.4 Å². The molecule has 6 nitrogen and oxygen atoms in total. The van der Waals surface area contributed by atoms with E-state index in [0.29, 0.717) is 18.8 Å². The van der Waals surface area contributed by atoms with Crippen molar-refractivity contribution in [2.75, 3.05) is 36.8 Å². The van der Waals surface area contributed by atoms with E-state index in [1.165, 1.54) is 17.3 Å². The fourth-order valence-corrected chi connectivity index (χ4v) is 5.03. The molecule has 0 spiro atoms. The second kappa shape index (κ2) is 10.1. The molecule has 5 rings (SSSR count). The van der Waals surface area contributed by atoms with Crippen LogP contribution in [0.15, 0.2) is 90.3 Å². The molecule has 2 aromatic heterocycles. The SMILES string of the molecule is Cc1ccc(-n2c(-c3ccccc3)cnc2SCC(=O)N2CCN(c3ccccn3)CC2)cc1. The molecule has 1 fully saturated rings. The lowest BCUT2D eigenvalue weighted by Crippen LogP contribution is -2.49. The molecule has 2 aromatic carbocycles. The van der Waals surface area contributed by atoms with E-state index in [0.717, 1.165) is 41.0 Å². The zero-order chi connectivity index (χ0) is 23.3. The fourth-order valence-electron chi connectivity index (χ4n) is 4.14. The van der Waals surface area contributed by atoms with Gasteiger partial charge in [0.2, 0.25) is 5.91 Å². The van der Waals surface area contributed by atoms with E-state index >= 15 is 0 Å². The summed E-state index contributed by atoms with van der Waals surface area (Å²) in [6.07, 6.45) is 3.71. The number of carbonyl (C=O) groups is 1. The minimum absolute atomic E-state index is 0.144. The van der Waals surface area contributed by atoms with E-state index in [1.807, 2.05) is 53.7 Å². The number of thioether (sulfide) groups is 1. The van der Waals surface area contributed by atoms with Gasteiger partial charge >= 0.3 is 0 Å². The van der Waals surface area contributed by atoms with E-state index in [9.17, 15) is 4.79 Å². The van der Waals surface area contributed by atoms with Crippen LogP contribution < -0.4 is 4.90 Å². The quantitative estimate of drug-likeness (QED) is 0.384. The lowest BCUT2D eigenvalue weighted by Gasteiger charge is -2.35. The lowest BCUT2D eigenvalue weighted by atomic mass is 10.1. The van der Waals surface area contributed by atoms with Crippen molar-refractivity contribution in [1.29, 1.82) is 0 Å². The first-order chi connectivity index (χ1) is 16.7. The molecular formula is C27H27N5OS. The van der Waals surface area contributed by atoms with E-state index < -0.39 is 0 Å². The minimum Gasteiger partial charge on any atom is -0.353 e. The number of anilines is 1. The number of nitrogens with zero attached hydrogens (tertiary/aromatic N) is 5. The van der Waals surface area contributed by atoms with E-state index in [-0.39, 0.29) is 5.91 Å². The molecule has 4 aromatic rings. The molecule has 0 saturated carbocycles. The number of rotatable bonds is 6. The number of aromatic nitrogens is 3. The number of imidazole rings is 1. The number of carbonyl (C=O) groups excluding carboxylic acids is 1. The summed E-state index contributed by atoms with van der Waals surface area (Å²) in [5.41, 5.74) is 4.36. The van der Waals surface area contributed by atoms with Crippen molar-refractivity contribution in [3.63, 3.8) is 0 Å². The Hall–Kier alpha value is -3.58. The van der Waals surface area contributed by atoms with Crippen molar-refractivity contribution >= 4 is 23.5 Å². The van der Waals surface area contributed by atoms with Crippen LogP contribution in [0.3, 0.4) is 0 Å². The van der Waals surface area contributed by atoms with E-state index in [2.05, 4.69) is 57.8 Å². The van der Waals surface area contributed by atoms with Crippen LogP contribution in [-0.4, -0.2) is 57.3 Å². The van der Waals surface area contributed by atoms with E-state index in [4.69, 9.17) is 4.98 Å². The average molecular weight is 470 g/mol. The van der Waals surface area contributed by atoms with Gasteiger partial charge in [0.25, 0.3) is 0 Å². The van der Waals surface area contributed by atoms with Gasteiger partial charge < -0.3 is 9.80 Å². The summed E-state index contributed by atoms with van der Waals surface area (Å²) < 4.78 is 2.14. The van der Waals surface area contributed by atoms with Crippen LogP contribution in [0.1, 0.15) is 5.56 Å². The fraction of sp³-hybridized carbons (Fsp3) is 0.222. The molecule has 1 saturated heterocycles. The Morgan fingerprint density at radius 3 is 2.32 bits per heavy atom. The second-order valence-electron chi connectivity index (χ2n) is 8.31. The zero-order valence-corrected chi connectivity index (χ0v) is 20.0. The Morgan fingerprint density at radius 2 is 1.62 bits per heavy atom. The summed E-state index contributed by atoms with van der Waals surface area (Å²) in [5, 5.41) is 0.822. The third-order valence-corrected chi connectivity index (χ3v) is 6.96. The molecule has 7 heteroatoms. The van der Waals surface area contributed by atoms with Gasteiger partial charge in [0.05, 0.1) is 17.6 Å². The standard InChI is InChI=1S/C27H27N5OS/c1-21-10-12-23(13-11-21)32-24(22-7-3-2-4-8-22)19-29-27(32)34-20-26(33)31-17-15-30(16-18-31)25-9-5-6-14-28-25/h2-14,19H,15-18,20H2,1H3. The minimum atomic E-state index is 0.144. The first-order valence-electron chi connectivity index (χ1n) is 11.5. The maximum Gasteiger partial charge on any atom is 0.233 e. The Balaban J connectivity index is 1.29. The predicted molar refractivity (Wildman–Crippen MR) is 137 cm³/mol. The molecule has 3 heterocycles. The summed E-state index contributed by atoms with van der Waals surface area (Å²) in [6, 6.07) is 24.6. The Kier molecular flexibility index (Phi) is 6.62. The number of hydrogen-bond acceptors (Lipinski definition) is 5. The highest BCUT2D eigenvalue weighted by Gasteiger charge is 2.23. The summed E-state index contributed by atoms with van der Waals surface area (Å²) in [5.74, 6) is 1.48. The number of piperazine rings is 1. The van der Waals surface area contributed by atoms with Gasteiger partial charge in [-0.1, -0.05) is 65.9 Å². The molecule has 172 valence electrons. The molecular weight excluding hydrogens is 442 g/mol. The Morgan fingerprint density at radius 1 is 0.882 bits per heavy atom. The number of benzene rings is 2. The summed E-state index contributed by atoms with van der Waals surface area (Å²) in [7, 11) is 0. The highest BCUT2D eigenvalue weighted by molar-refractivity contribution is 7.99. The number of hydrogen-bond donors (Lipinski definition) is 0. The molecule has 0 N–H and O–H groups in total. The molecule has 1 amide bonds. The molecule has 0 radical (unpaired) electrons. The van der Waals surface area contributed by atoms with Crippen molar-refractivity contribution in [2.45, 2.75) is 12.1 Å². The lowest BCUT2D eigenvalue weighted by molar-refractivity contribution is -0.128. The van der Waals surface area contributed by atoms with Crippen LogP contribution in [-0.2, 0) is 4.79 Å². The molecule has 1 aliphatic heterocycles. The van der Waals surface area contributed by atoms with Gasteiger partial charge in [-0.3, -0.25) is 9.36 Å². The molecule has 1 aliphatic rings. The molecule has 0 atom stereocenters. The van der Waals surface area contributed by atoms with Crippen LogP contribution in [0.25, 0.3) is 16.9 Å². The average Bonchev–Trinajstić information content (AvgIpc) is 3.33. The summed E-state index contributed by atoms with van der Waals surface area (Å²) >= 11 is 1.50. The second-order valence-corrected chi connectivity index (χ2v) is 9.25. The Labute approximate surface area is 204 Å². The van der Waals surface area contributed by atoms with Crippen LogP contribution in [0.4, 0.5) is 5.82 Å². The van der Waals surface area contributed by atoms with E-state index in [1.54, 1.807) is 0 Å². The summed E-state index contributed by atoms with van der Waals surface area (Å²) in [6.45, 7) is 5.08. The van der Waals surface area contributed by atoms with Crippen LogP contribution in [0, 0.1) is 6.92 Å². The van der Waals surface area contributed by atoms with Gasteiger partial charge in [-0.2, -0.15) is 0 Å². The predicted octanol–water partition coefficient (Wildman–Crippen LogP) is 4.68. The summed E-state index contributed by atoms with van der Waals surface area (Å²) in [4.78, 5) is 26.3. The monoisotopic (exact) mass is 469 g/mol. The van der Waals surface area contributed by atoms with Gasteiger partial charge in [-0.05, 0) is 31.2 Å². The van der Waals surface area contributed by atoms with Crippen molar-refractivity contribution in [3.05, 3.63) is 90.8 Å². The molecule has 34 heavy (non-hydrogen) atoms. The maximum atomic E-state index is 13.0. The topological polar surface area (TPSA) is 54.3 Å². The van der Waals surface area contributed by atoms with Crippen LogP contribution in [0.2, 0.25) is 0 Å². The smallest absolute Gasteiger partial charge is 0.233 e. The number of amides is 1. The van der Waals surface area contributed by atoms with Crippen LogP contribution in [0.5, 0.6) is 0 Å². The molecule has 0 bridgehead atoms. The van der Waals surface area contributed by atoms with Crippen molar-refractivity contribution in [3.8, 4) is 16.9 Å². The molecule has 0 aliphatic carbocycles. The third kappa shape index (κ3) is 4.84. The highest BCUT2D eigenvalue weighted by Crippen LogP contribution is 2.30. The molecule has 0 unspecified atom stereocenters. The van der Waals surface area contributed by atoms with Gasteiger partial charge in [0, 0.05) is 43.6 Å². The maximum absolute atomic E-state index is 13.0. The number of aryl methyl sites for hydroxylation is 1. The largest absolute Gasteiger partial charge is 0.353 e. The number of pyridine rings is 1. The van der Waals surface area contributed by atoms with Gasteiger partial charge in [0.1, 0.15) is 5.82 Å². The zero-order valence-electron chi connectivity index (χ0n) is 19.2.